The van der Waals surface area contributed by atoms with Crippen molar-refractivity contribution in [3.05, 3.63) is 29.6 Å². The Kier molecular flexibility index (Phi) is 4.08. The van der Waals surface area contributed by atoms with Gasteiger partial charge in [0.05, 0.1) is 5.69 Å². The van der Waals surface area contributed by atoms with Gasteiger partial charge in [0, 0.05) is 11.8 Å². The molecule has 0 unspecified atom stereocenters. The van der Waals surface area contributed by atoms with Gasteiger partial charge in [-0.05, 0) is 6.07 Å². The fraction of sp³-hybridized carbons (Fsp3) is 0.286. The van der Waals surface area contributed by atoms with Crippen molar-refractivity contribution in [3.63, 3.8) is 0 Å². The highest BCUT2D eigenvalue weighted by Gasteiger charge is 2.27. The summed E-state index contributed by atoms with van der Waals surface area (Å²) in [5.41, 5.74) is 0.695. The number of pyridine rings is 1. The first-order valence-corrected chi connectivity index (χ1v) is 5.58. The second-order valence-electron chi connectivity index (χ2n) is 2.43. The first-order valence-electron chi connectivity index (χ1n) is 3.32. The predicted molar refractivity (Wildman–Crippen MR) is 62.7 cm³/mol. The van der Waals surface area contributed by atoms with E-state index < -0.39 is 7.59 Å². The van der Waals surface area contributed by atoms with Gasteiger partial charge in [-0.3, -0.25) is 4.98 Å². The molecule has 1 rings (SSSR count). The summed E-state index contributed by atoms with van der Waals surface area (Å²) in [6.45, 7) is 0. The van der Waals surface area contributed by atoms with Gasteiger partial charge >= 0.3 is 0 Å². The zero-order valence-corrected chi connectivity index (χ0v) is 11.0. The van der Waals surface area contributed by atoms with E-state index in [4.69, 9.17) is 69.6 Å². The molecular formula is C7H3Cl6N. The highest BCUT2D eigenvalue weighted by molar-refractivity contribution is 6.67. The Morgan fingerprint density at radius 3 is 1.71 bits per heavy atom. The molecule has 0 amide bonds. The third kappa shape index (κ3) is 3.48. The molecule has 78 valence electrons. The van der Waals surface area contributed by atoms with Crippen molar-refractivity contribution in [3.8, 4) is 0 Å². The first-order chi connectivity index (χ1) is 6.21. The number of hydrogen-bond acceptors (Lipinski definition) is 1. The monoisotopic (exact) mass is 311 g/mol. The van der Waals surface area contributed by atoms with E-state index in [2.05, 4.69) is 4.98 Å². The molecule has 1 aromatic rings. The fourth-order valence-corrected chi connectivity index (χ4v) is 1.40. The van der Waals surface area contributed by atoms with E-state index >= 15 is 0 Å². The lowest BCUT2D eigenvalue weighted by molar-refractivity contribution is 1.05. The van der Waals surface area contributed by atoms with Crippen LogP contribution in [0.15, 0.2) is 18.3 Å². The van der Waals surface area contributed by atoms with Gasteiger partial charge < -0.3 is 0 Å². The Bertz CT molecular complexity index is 275. The van der Waals surface area contributed by atoms with Crippen LogP contribution in [-0.4, -0.2) is 4.98 Å². The average molecular weight is 314 g/mol. The van der Waals surface area contributed by atoms with Crippen molar-refractivity contribution >= 4 is 69.6 Å². The van der Waals surface area contributed by atoms with Gasteiger partial charge in [-0.15, -0.1) is 0 Å². The summed E-state index contributed by atoms with van der Waals surface area (Å²) in [7, 11) is 0. The van der Waals surface area contributed by atoms with Crippen LogP contribution in [0.2, 0.25) is 0 Å². The van der Waals surface area contributed by atoms with Gasteiger partial charge in [-0.1, -0.05) is 75.7 Å². The third-order valence-electron chi connectivity index (χ3n) is 1.38. The fourth-order valence-electron chi connectivity index (χ4n) is 0.729. The second-order valence-corrected chi connectivity index (χ2v) is 6.99. The van der Waals surface area contributed by atoms with Crippen LogP contribution in [0, 0.1) is 0 Å². The Morgan fingerprint density at radius 1 is 0.857 bits per heavy atom. The summed E-state index contributed by atoms with van der Waals surface area (Å²) >= 11 is 33.6. The standard InChI is InChI=1S/C7H3Cl6N/c8-6(9,10)4-1-2-5(14-3-4)7(11,12)13/h1-3H. The topological polar surface area (TPSA) is 12.9 Å². The lowest BCUT2D eigenvalue weighted by atomic mass is 10.3. The van der Waals surface area contributed by atoms with Crippen molar-refractivity contribution < 1.29 is 0 Å². The van der Waals surface area contributed by atoms with Gasteiger partial charge in [0.15, 0.2) is 0 Å². The minimum Gasteiger partial charge on any atom is -0.256 e. The first kappa shape index (κ1) is 13.0. The molecule has 0 radical (unpaired) electrons. The van der Waals surface area contributed by atoms with E-state index in [-0.39, 0.29) is 5.69 Å². The highest BCUT2D eigenvalue weighted by Crippen LogP contribution is 2.40. The summed E-state index contributed by atoms with van der Waals surface area (Å²) in [5, 5.41) is 0. The molecule has 0 atom stereocenters. The zero-order valence-electron chi connectivity index (χ0n) is 6.45. The number of aromatic nitrogens is 1. The zero-order chi connectivity index (χ0) is 11.0. The third-order valence-corrected chi connectivity index (χ3v) is 2.62. The van der Waals surface area contributed by atoms with Crippen molar-refractivity contribution in [1.82, 2.24) is 4.98 Å². The summed E-state index contributed by atoms with van der Waals surface area (Å²) in [6, 6.07) is 3.03. The van der Waals surface area contributed by atoms with Gasteiger partial charge in [0.2, 0.25) is 7.59 Å². The smallest absolute Gasteiger partial charge is 0.232 e. The largest absolute Gasteiger partial charge is 0.256 e. The summed E-state index contributed by atoms with van der Waals surface area (Å²) in [4.78, 5) is 3.87. The average Bonchev–Trinajstić information content (AvgIpc) is 2.01. The molecule has 0 aliphatic carbocycles. The predicted octanol–water partition coefficient (Wildman–Crippen LogP) is 4.74. The SMILES string of the molecule is ClC(Cl)(Cl)c1ccc(C(Cl)(Cl)Cl)nc1. The molecular weight excluding hydrogens is 311 g/mol. The number of halogens is 6. The Balaban J connectivity index is 3.02. The molecule has 0 aliphatic rings. The van der Waals surface area contributed by atoms with Gasteiger partial charge in [-0.2, -0.15) is 0 Å². The summed E-state index contributed by atoms with van der Waals surface area (Å²) in [5.74, 6) is 0. The number of nitrogens with zero attached hydrogens (tertiary/aromatic N) is 1. The minimum absolute atomic E-state index is 0.278. The molecule has 0 saturated carbocycles. The molecule has 0 fully saturated rings. The minimum atomic E-state index is -1.56. The van der Waals surface area contributed by atoms with Crippen molar-refractivity contribution in [2.75, 3.05) is 0 Å². The van der Waals surface area contributed by atoms with Crippen LogP contribution in [-0.2, 0) is 7.59 Å². The highest BCUT2D eigenvalue weighted by atomic mass is 35.6. The van der Waals surface area contributed by atoms with E-state index in [0.29, 0.717) is 5.56 Å². The van der Waals surface area contributed by atoms with Crippen molar-refractivity contribution in [2.24, 2.45) is 0 Å². The Hall–Kier alpha value is 0.890. The van der Waals surface area contributed by atoms with E-state index in [1.807, 2.05) is 0 Å². The van der Waals surface area contributed by atoms with Crippen LogP contribution in [0.1, 0.15) is 11.3 Å². The Morgan fingerprint density at radius 2 is 1.43 bits per heavy atom. The number of rotatable bonds is 0. The van der Waals surface area contributed by atoms with E-state index in [0.717, 1.165) is 0 Å². The molecule has 0 N–H and O–H groups in total. The maximum Gasteiger partial charge on any atom is 0.232 e. The molecule has 0 spiro atoms. The van der Waals surface area contributed by atoms with Crippen LogP contribution in [0.3, 0.4) is 0 Å². The van der Waals surface area contributed by atoms with Crippen molar-refractivity contribution in [2.45, 2.75) is 7.59 Å². The normalized spacial score (nSPS) is 13.0. The number of alkyl halides is 6. The summed E-state index contributed by atoms with van der Waals surface area (Å²) in [6.07, 6.45) is 1.35. The van der Waals surface area contributed by atoms with Crippen LogP contribution >= 0.6 is 69.6 Å². The van der Waals surface area contributed by atoms with Gasteiger partial charge in [-0.25, -0.2) is 0 Å². The van der Waals surface area contributed by atoms with Crippen LogP contribution in [0.25, 0.3) is 0 Å². The molecule has 14 heavy (non-hydrogen) atoms. The molecule has 7 heteroatoms. The van der Waals surface area contributed by atoms with Gasteiger partial charge in [0.1, 0.15) is 0 Å². The second kappa shape index (κ2) is 4.40. The maximum atomic E-state index is 5.62. The molecule has 1 nitrogen and oxygen atoms in total. The van der Waals surface area contributed by atoms with Crippen LogP contribution in [0.5, 0.6) is 0 Å². The number of hydrogen-bond donors (Lipinski definition) is 0. The van der Waals surface area contributed by atoms with Crippen LogP contribution in [0.4, 0.5) is 0 Å². The quantitative estimate of drug-likeness (QED) is 0.631. The summed E-state index contributed by atoms with van der Waals surface area (Å²) < 4.78 is -3.08. The van der Waals surface area contributed by atoms with E-state index in [1.54, 1.807) is 0 Å². The molecule has 0 aliphatic heterocycles. The maximum absolute atomic E-state index is 5.62. The van der Waals surface area contributed by atoms with Crippen molar-refractivity contribution in [1.29, 1.82) is 0 Å². The Labute approximate surface area is 111 Å². The van der Waals surface area contributed by atoms with Gasteiger partial charge in [0.25, 0.3) is 0 Å². The lowest BCUT2D eigenvalue weighted by Gasteiger charge is -2.13. The molecule has 0 aromatic carbocycles. The molecule has 0 bridgehead atoms. The molecule has 1 heterocycles. The molecule has 0 saturated heterocycles. The van der Waals surface area contributed by atoms with Crippen LogP contribution < -0.4 is 0 Å². The van der Waals surface area contributed by atoms with E-state index in [9.17, 15) is 0 Å². The van der Waals surface area contributed by atoms with E-state index in [1.165, 1.54) is 18.3 Å². The lowest BCUT2D eigenvalue weighted by Crippen LogP contribution is -2.06. The molecule has 1 aromatic heterocycles.